The molecule has 0 saturated heterocycles. The van der Waals surface area contributed by atoms with Crippen molar-refractivity contribution in [3.05, 3.63) is 35.9 Å². The van der Waals surface area contributed by atoms with Crippen LogP contribution in [0.25, 0.3) is 0 Å². The molecule has 0 fully saturated rings. The second-order valence-electron chi connectivity index (χ2n) is 9.47. The average Bonchev–Trinajstić information content (AvgIpc) is 2.86. The maximum atomic E-state index is 12.6. The number of aliphatic carboxylic acids is 1. The first-order valence-corrected chi connectivity index (χ1v) is 13.7. The van der Waals surface area contributed by atoms with Crippen LogP contribution in [0.2, 0.25) is 0 Å². The fraction of sp³-hybridized carbons (Fsp3) is 0.690. The summed E-state index contributed by atoms with van der Waals surface area (Å²) in [5.74, 6) is -2.23. The van der Waals surface area contributed by atoms with E-state index in [0.29, 0.717) is 6.42 Å². The zero-order chi connectivity index (χ0) is 25.6. The van der Waals surface area contributed by atoms with Crippen molar-refractivity contribution in [1.29, 1.82) is 0 Å². The van der Waals surface area contributed by atoms with E-state index in [-0.39, 0.29) is 19.4 Å². The van der Waals surface area contributed by atoms with Crippen molar-refractivity contribution in [1.82, 2.24) is 5.32 Å². The van der Waals surface area contributed by atoms with Crippen LogP contribution in [0.5, 0.6) is 0 Å². The third kappa shape index (κ3) is 17.7. The molecule has 0 spiro atoms. The van der Waals surface area contributed by atoms with Gasteiger partial charge in [0.15, 0.2) is 0 Å². The van der Waals surface area contributed by atoms with Crippen LogP contribution in [-0.2, 0) is 25.7 Å². The smallest absolute Gasteiger partial charge is 0.328 e. The first-order valence-electron chi connectivity index (χ1n) is 13.7. The largest absolute Gasteiger partial charge is 0.550 e. The molecule has 198 valence electrons. The van der Waals surface area contributed by atoms with E-state index in [9.17, 15) is 19.5 Å². The van der Waals surface area contributed by atoms with Gasteiger partial charge in [-0.1, -0.05) is 127 Å². The Morgan fingerprint density at radius 2 is 1.29 bits per heavy atom. The van der Waals surface area contributed by atoms with Crippen molar-refractivity contribution in [3.8, 4) is 0 Å². The minimum atomic E-state index is -1.28. The van der Waals surface area contributed by atoms with Gasteiger partial charge < -0.3 is 20.0 Å². The fourth-order valence-electron chi connectivity index (χ4n) is 4.10. The molecule has 0 aliphatic heterocycles. The summed E-state index contributed by atoms with van der Waals surface area (Å²) < 4.78 is 5.40. The highest BCUT2D eigenvalue weighted by molar-refractivity contribution is 5.85. The van der Waals surface area contributed by atoms with Crippen molar-refractivity contribution in [2.45, 2.75) is 129 Å². The molecular formula is C29H46NO5-. The van der Waals surface area contributed by atoms with Gasteiger partial charge in [0.1, 0.15) is 12.6 Å². The Labute approximate surface area is 212 Å². The topological polar surface area (TPSA) is 95.5 Å². The van der Waals surface area contributed by atoms with Gasteiger partial charge in [0.05, 0.1) is 0 Å². The number of esters is 1. The number of hydrogen-bond acceptors (Lipinski definition) is 5. The second kappa shape index (κ2) is 21.0. The predicted molar refractivity (Wildman–Crippen MR) is 137 cm³/mol. The number of nitrogens with one attached hydrogen (secondary N) is 1. The molecule has 35 heavy (non-hydrogen) atoms. The standard InChI is InChI=1S/C29H47NO5/c1-2-3-4-5-6-7-8-9-10-11-12-13-14-18-21-26(30-27(31)22-23-28(32)33)29(34)35-24-25-19-16-15-17-20-25/h15-17,19-20,26H,2-14,18,21-24H2,1H3,(H,30,31)(H,32,33)/p-1. The van der Waals surface area contributed by atoms with Crippen LogP contribution >= 0.6 is 0 Å². The first-order chi connectivity index (χ1) is 17.0. The van der Waals surface area contributed by atoms with Crippen LogP contribution in [0.4, 0.5) is 0 Å². The SMILES string of the molecule is CCCCCCCCCCCCCCCCC(NC(=O)CCC(=O)[O-])C(=O)OCc1ccccc1. The summed E-state index contributed by atoms with van der Waals surface area (Å²) in [6.07, 6.45) is 17.4. The van der Waals surface area contributed by atoms with E-state index >= 15 is 0 Å². The lowest BCUT2D eigenvalue weighted by Gasteiger charge is -2.18. The van der Waals surface area contributed by atoms with Crippen molar-refractivity contribution < 1.29 is 24.2 Å². The van der Waals surface area contributed by atoms with Crippen LogP contribution in [-0.4, -0.2) is 23.9 Å². The third-order valence-corrected chi connectivity index (χ3v) is 6.25. The molecule has 0 heterocycles. The normalized spacial score (nSPS) is 11.7. The summed E-state index contributed by atoms with van der Waals surface area (Å²) in [4.78, 5) is 35.3. The van der Waals surface area contributed by atoms with Crippen LogP contribution in [0.3, 0.4) is 0 Å². The van der Waals surface area contributed by atoms with Gasteiger partial charge in [0.25, 0.3) is 0 Å². The highest BCUT2D eigenvalue weighted by atomic mass is 16.5. The highest BCUT2D eigenvalue weighted by Gasteiger charge is 2.22. The molecule has 6 nitrogen and oxygen atoms in total. The number of carboxylic acids is 1. The summed E-state index contributed by atoms with van der Waals surface area (Å²) >= 11 is 0. The summed E-state index contributed by atoms with van der Waals surface area (Å²) in [7, 11) is 0. The lowest BCUT2D eigenvalue weighted by molar-refractivity contribution is -0.305. The molecule has 6 heteroatoms. The van der Waals surface area contributed by atoms with E-state index < -0.39 is 23.9 Å². The van der Waals surface area contributed by atoms with E-state index in [0.717, 1.165) is 24.8 Å². The van der Waals surface area contributed by atoms with E-state index in [4.69, 9.17) is 4.74 Å². The summed E-state index contributed by atoms with van der Waals surface area (Å²) in [6.45, 7) is 2.39. The van der Waals surface area contributed by atoms with Gasteiger partial charge in [0.2, 0.25) is 5.91 Å². The highest BCUT2D eigenvalue weighted by Crippen LogP contribution is 2.14. The zero-order valence-electron chi connectivity index (χ0n) is 21.7. The molecule has 1 N–H and O–H groups in total. The Morgan fingerprint density at radius 3 is 1.80 bits per heavy atom. The lowest BCUT2D eigenvalue weighted by Crippen LogP contribution is -2.42. The van der Waals surface area contributed by atoms with Crippen molar-refractivity contribution in [3.63, 3.8) is 0 Å². The number of amides is 1. The van der Waals surface area contributed by atoms with E-state index in [1.54, 1.807) is 0 Å². The predicted octanol–water partition coefficient (Wildman–Crippen LogP) is 5.62. The Morgan fingerprint density at radius 1 is 0.771 bits per heavy atom. The van der Waals surface area contributed by atoms with E-state index in [1.807, 2.05) is 30.3 Å². The number of ether oxygens (including phenoxy) is 1. The van der Waals surface area contributed by atoms with Crippen molar-refractivity contribution in [2.75, 3.05) is 0 Å². The number of rotatable bonds is 22. The minimum Gasteiger partial charge on any atom is -0.550 e. The zero-order valence-corrected chi connectivity index (χ0v) is 21.7. The van der Waals surface area contributed by atoms with Crippen molar-refractivity contribution in [2.24, 2.45) is 0 Å². The van der Waals surface area contributed by atoms with Crippen LogP contribution in [0.15, 0.2) is 30.3 Å². The quantitative estimate of drug-likeness (QED) is 0.169. The monoisotopic (exact) mass is 488 g/mol. The first kappa shape index (κ1) is 30.7. The van der Waals surface area contributed by atoms with E-state index in [2.05, 4.69) is 12.2 Å². The van der Waals surface area contributed by atoms with E-state index in [1.165, 1.54) is 70.6 Å². The molecule has 1 rings (SSSR count). The fourth-order valence-corrected chi connectivity index (χ4v) is 4.10. The van der Waals surface area contributed by atoms with Gasteiger partial charge in [-0.3, -0.25) is 4.79 Å². The molecule has 0 aliphatic rings. The van der Waals surface area contributed by atoms with Crippen LogP contribution < -0.4 is 10.4 Å². The van der Waals surface area contributed by atoms with Gasteiger partial charge in [0, 0.05) is 12.4 Å². The van der Waals surface area contributed by atoms with Gasteiger partial charge >= 0.3 is 5.97 Å². The summed E-state index contributed by atoms with van der Waals surface area (Å²) in [5.41, 5.74) is 0.874. The Bertz CT molecular complexity index is 692. The number of benzene rings is 1. The second-order valence-corrected chi connectivity index (χ2v) is 9.47. The molecule has 0 bridgehead atoms. The molecule has 0 aliphatic carbocycles. The number of unbranched alkanes of at least 4 members (excludes halogenated alkanes) is 13. The maximum Gasteiger partial charge on any atom is 0.328 e. The maximum absolute atomic E-state index is 12.6. The Hall–Kier alpha value is -2.37. The molecule has 1 aromatic rings. The summed E-state index contributed by atoms with van der Waals surface area (Å²) in [6, 6.07) is 8.61. The molecular weight excluding hydrogens is 442 g/mol. The molecule has 0 radical (unpaired) electrons. The number of hydrogen-bond donors (Lipinski definition) is 1. The van der Waals surface area contributed by atoms with Crippen LogP contribution in [0.1, 0.15) is 122 Å². The third-order valence-electron chi connectivity index (χ3n) is 6.25. The summed E-state index contributed by atoms with van der Waals surface area (Å²) in [5, 5.41) is 13.3. The average molecular weight is 489 g/mol. The van der Waals surface area contributed by atoms with Gasteiger partial charge in [-0.15, -0.1) is 0 Å². The molecule has 1 aromatic carbocycles. The Balaban J connectivity index is 2.23. The molecule has 1 amide bonds. The lowest BCUT2D eigenvalue weighted by atomic mass is 10.0. The minimum absolute atomic E-state index is 0.143. The van der Waals surface area contributed by atoms with Crippen molar-refractivity contribution >= 4 is 17.8 Å². The van der Waals surface area contributed by atoms with Crippen LogP contribution in [0, 0.1) is 0 Å². The number of carbonyl (C=O) groups excluding carboxylic acids is 3. The molecule has 0 saturated carbocycles. The molecule has 1 atom stereocenters. The number of carboxylic acid groups (broad SMARTS) is 1. The van der Waals surface area contributed by atoms with Gasteiger partial charge in [-0.25, -0.2) is 4.79 Å². The molecule has 1 unspecified atom stereocenters. The van der Waals surface area contributed by atoms with Gasteiger partial charge in [-0.2, -0.15) is 0 Å². The Kier molecular flexibility index (Phi) is 18.4. The molecule has 0 aromatic heterocycles. The number of carbonyl (C=O) groups is 3. The van der Waals surface area contributed by atoms with Gasteiger partial charge in [-0.05, 0) is 18.4 Å².